The van der Waals surface area contributed by atoms with E-state index in [0.29, 0.717) is 11.4 Å². The summed E-state index contributed by atoms with van der Waals surface area (Å²) in [6, 6.07) is 12.3. The molecule has 0 radical (unpaired) electrons. The van der Waals surface area contributed by atoms with Gasteiger partial charge in [0.05, 0.1) is 5.92 Å². The summed E-state index contributed by atoms with van der Waals surface area (Å²) >= 11 is 0. The van der Waals surface area contributed by atoms with Crippen molar-refractivity contribution in [3.63, 3.8) is 0 Å². The van der Waals surface area contributed by atoms with Crippen LogP contribution < -0.4 is 16.4 Å². The molecule has 0 bridgehead atoms. The van der Waals surface area contributed by atoms with Crippen molar-refractivity contribution in [3.05, 3.63) is 54.2 Å². The Balaban J connectivity index is 2.17. The van der Waals surface area contributed by atoms with Crippen molar-refractivity contribution < 1.29 is 9.59 Å². The van der Waals surface area contributed by atoms with Crippen molar-refractivity contribution in [2.45, 2.75) is 5.54 Å². The molecule has 0 aliphatic carbocycles. The van der Waals surface area contributed by atoms with E-state index in [1.54, 1.807) is 41.3 Å². The van der Waals surface area contributed by atoms with Crippen molar-refractivity contribution in [2.75, 3.05) is 11.4 Å². The topological polar surface area (TPSA) is 115 Å². The first-order valence-corrected chi connectivity index (χ1v) is 6.78. The summed E-state index contributed by atoms with van der Waals surface area (Å²) in [5, 5.41) is 7.83. The van der Waals surface area contributed by atoms with Crippen molar-refractivity contribution in [3.8, 4) is 0 Å². The van der Waals surface area contributed by atoms with Crippen LogP contribution in [-0.2, 0) is 15.1 Å². The lowest BCUT2D eigenvalue weighted by Gasteiger charge is -2.55. The van der Waals surface area contributed by atoms with Crippen LogP contribution >= 0.6 is 0 Å². The van der Waals surface area contributed by atoms with Gasteiger partial charge in [0.15, 0.2) is 11.4 Å². The van der Waals surface area contributed by atoms with E-state index >= 15 is 0 Å². The Labute approximate surface area is 126 Å². The Morgan fingerprint density at radius 2 is 1.86 bits per heavy atom. The zero-order valence-electron chi connectivity index (χ0n) is 11.7. The van der Waals surface area contributed by atoms with E-state index in [2.05, 4.69) is 10.2 Å². The summed E-state index contributed by atoms with van der Waals surface area (Å²) in [6.45, 7) is 0.270. The predicted molar refractivity (Wildman–Crippen MR) is 79.4 cm³/mol. The fourth-order valence-electron chi connectivity index (χ4n) is 3.04. The number of rotatable bonds is 4. The highest BCUT2D eigenvalue weighted by Gasteiger charge is 2.62. The molecule has 2 atom stereocenters. The van der Waals surface area contributed by atoms with Crippen LogP contribution in [0.4, 0.5) is 5.82 Å². The van der Waals surface area contributed by atoms with Crippen molar-refractivity contribution in [2.24, 2.45) is 17.4 Å². The fourth-order valence-corrected chi connectivity index (χ4v) is 3.04. The third kappa shape index (κ3) is 1.82. The summed E-state index contributed by atoms with van der Waals surface area (Å²) in [6.07, 6.45) is 1.53. The molecule has 7 nitrogen and oxygen atoms in total. The summed E-state index contributed by atoms with van der Waals surface area (Å²) < 4.78 is 0. The monoisotopic (exact) mass is 297 g/mol. The largest absolute Gasteiger partial charge is 0.369 e. The molecular formula is C15H15N5O2. The van der Waals surface area contributed by atoms with E-state index < -0.39 is 23.3 Å². The van der Waals surface area contributed by atoms with E-state index in [9.17, 15) is 9.59 Å². The molecule has 22 heavy (non-hydrogen) atoms. The molecule has 2 heterocycles. The van der Waals surface area contributed by atoms with E-state index in [-0.39, 0.29) is 6.54 Å². The van der Waals surface area contributed by atoms with Crippen molar-refractivity contribution in [1.82, 2.24) is 10.2 Å². The van der Waals surface area contributed by atoms with Crippen LogP contribution in [-0.4, -0.2) is 28.6 Å². The molecule has 1 aliphatic heterocycles. The zero-order chi connectivity index (χ0) is 15.7. The summed E-state index contributed by atoms with van der Waals surface area (Å²) in [7, 11) is 0. The third-order valence-corrected chi connectivity index (χ3v) is 4.06. The van der Waals surface area contributed by atoms with Crippen LogP contribution in [0.2, 0.25) is 0 Å². The molecule has 1 aromatic carbocycles. The van der Waals surface area contributed by atoms with Gasteiger partial charge in [0.25, 0.3) is 0 Å². The second-order valence-electron chi connectivity index (χ2n) is 5.14. The third-order valence-electron chi connectivity index (χ3n) is 4.06. The van der Waals surface area contributed by atoms with Crippen LogP contribution in [0.3, 0.4) is 0 Å². The van der Waals surface area contributed by atoms with Crippen LogP contribution in [0.1, 0.15) is 5.56 Å². The first-order valence-electron chi connectivity index (χ1n) is 6.78. The summed E-state index contributed by atoms with van der Waals surface area (Å²) in [5.41, 5.74) is 10.4. The summed E-state index contributed by atoms with van der Waals surface area (Å²) in [4.78, 5) is 25.8. The van der Waals surface area contributed by atoms with Crippen LogP contribution in [0.5, 0.6) is 0 Å². The van der Waals surface area contributed by atoms with Gasteiger partial charge in [-0.3, -0.25) is 9.59 Å². The molecule has 1 aromatic heterocycles. The minimum absolute atomic E-state index is 0.270. The normalized spacial score (nSPS) is 23.6. The molecule has 2 amide bonds. The van der Waals surface area contributed by atoms with Gasteiger partial charge in [0.2, 0.25) is 11.8 Å². The highest BCUT2D eigenvalue weighted by molar-refractivity contribution is 5.99. The number of hydrogen-bond acceptors (Lipinski definition) is 5. The maximum Gasteiger partial charge on any atom is 0.248 e. The highest BCUT2D eigenvalue weighted by atomic mass is 16.2. The number of benzene rings is 1. The standard InChI is InChI=1S/C15H15N5O2/c16-13(21)11-9-20(12-7-4-8-18-19-12)15(11,14(17)22)10-5-2-1-3-6-10/h1-8,11H,9H2,(H2,16,21)(H2,17,22). The first kappa shape index (κ1) is 14.0. The molecule has 3 rings (SSSR count). The van der Waals surface area contributed by atoms with Gasteiger partial charge in [-0.2, -0.15) is 5.10 Å². The van der Waals surface area contributed by atoms with Crippen molar-refractivity contribution in [1.29, 1.82) is 0 Å². The van der Waals surface area contributed by atoms with Crippen LogP contribution in [0.25, 0.3) is 0 Å². The Hall–Kier alpha value is -2.96. The number of nitrogens with zero attached hydrogens (tertiary/aromatic N) is 3. The molecule has 0 saturated carbocycles. The second-order valence-corrected chi connectivity index (χ2v) is 5.14. The lowest BCUT2D eigenvalue weighted by atomic mass is 9.68. The Bertz CT molecular complexity index is 706. The van der Waals surface area contributed by atoms with Gasteiger partial charge in [0.1, 0.15) is 0 Å². The average Bonchev–Trinajstić information content (AvgIpc) is 2.48. The van der Waals surface area contributed by atoms with Gasteiger partial charge >= 0.3 is 0 Å². The molecule has 1 aliphatic rings. The van der Waals surface area contributed by atoms with E-state index in [1.165, 1.54) is 6.20 Å². The molecule has 4 N–H and O–H groups in total. The predicted octanol–water partition coefficient (Wildman–Crippen LogP) is -0.221. The van der Waals surface area contributed by atoms with Gasteiger partial charge < -0.3 is 16.4 Å². The molecule has 2 aromatic rings. The molecular weight excluding hydrogens is 282 g/mol. The van der Waals surface area contributed by atoms with E-state index in [0.717, 1.165) is 0 Å². The number of amides is 2. The second kappa shape index (κ2) is 5.10. The van der Waals surface area contributed by atoms with Gasteiger partial charge in [-0.1, -0.05) is 30.3 Å². The maximum absolute atomic E-state index is 12.3. The molecule has 2 unspecified atom stereocenters. The number of nitrogens with two attached hydrogens (primary N) is 2. The maximum atomic E-state index is 12.3. The van der Waals surface area contributed by atoms with E-state index in [1.807, 2.05) is 6.07 Å². The van der Waals surface area contributed by atoms with Gasteiger partial charge in [-0.25, -0.2) is 0 Å². The number of carbonyl (C=O) groups excluding carboxylic acids is 2. The van der Waals surface area contributed by atoms with Crippen LogP contribution in [0, 0.1) is 5.92 Å². The van der Waals surface area contributed by atoms with Gasteiger partial charge in [-0.15, -0.1) is 5.10 Å². The average molecular weight is 297 g/mol. The SMILES string of the molecule is NC(=O)C1CN(c2cccnn2)C1(C(N)=O)c1ccccc1. The number of aromatic nitrogens is 2. The lowest BCUT2D eigenvalue weighted by molar-refractivity contribution is -0.138. The molecule has 0 spiro atoms. The van der Waals surface area contributed by atoms with Gasteiger partial charge in [-0.05, 0) is 17.7 Å². The first-order chi connectivity index (χ1) is 10.6. The van der Waals surface area contributed by atoms with Gasteiger partial charge in [0, 0.05) is 12.7 Å². The smallest absolute Gasteiger partial charge is 0.248 e. The highest BCUT2D eigenvalue weighted by Crippen LogP contribution is 2.47. The molecule has 1 saturated heterocycles. The van der Waals surface area contributed by atoms with Crippen molar-refractivity contribution >= 4 is 17.6 Å². The van der Waals surface area contributed by atoms with Crippen LogP contribution in [0.15, 0.2) is 48.7 Å². The lowest BCUT2D eigenvalue weighted by Crippen LogP contribution is -2.74. The Morgan fingerprint density at radius 1 is 1.14 bits per heavy atom. The minimum Gasteiger partial charge on any atom is -0.369 e. The molecule has 112 valence electrons. The molecule has 7 heteroatoms. The van der Waals surface area contributed by atoms with E-state index in [4.69, 9.17) is 11.5 Å². The Morgan fingerprint density at radius 3 is 2.41 bits per heavy atom. The number of hydrogen-bond donors (Lipinski definition) is 2. The number of primary amides is 2. The number of carbonyl (C=O) groups is 2. The minimum atomic E-state index is -1.33. The molecule has 1 fully saturated rings. The Kier molecular flexibility index (Phi) is 3.25. The number of anilines is 1. The summed E-state index contributed by atoms with van der Waals surface area (Å²) in [5.74, 6) is -1.45. The zero-order valence-corrected chi connectivity index (χ0v) is 11.7. The quantitative estimate of drug-likeness (QED) is 0.809. The fraction of sp³-hybridized carbons (Fsp3) is 0.200.